The van der Waals surface area contributed by atoms with Gasteiger partial charge in [0.15, 0.2) is 11.6 Å². The topological polar surface area (TPSA) is 135 Å². The largest absolute Gasteiger partial charge is 0.365 e. The van der Waals surface area contributed by atoms with Crippen LogP contribution in [-0.2, 0) is 0 Å². The average Bonchev–Trinajstić information content (AvgIpc) is 3.13. The van der Waals surface area contributed by atoms with Crippen LogP contribution in [0, 0.1) is 5.82 Å². The first-order valence-corrected chi connectivity index (χ1v) is 9.24. The molecule has 0 aliphatic heterocycles. The second-order valence-corrected chi connectivity index (χ2v) is 7.04. The highest BCUT2D eigenvalue weighted by molar-refractivity contribution is 5.98. The highest BCUT2D eigenvalue weighted by Gasteiger charge is 2.24. The maximum absolute atomic E-state index is 14.6. The molecule has 7 N–H and O–H groups in total. The molecule has 1 unspecified atom stereocenters. The van der Waals surface area contributed by atoms with Gasteiger partial charge in [-0.05, 0) is 31.0 Å². The molecular weight excluding hydrogens is 361 g/mol. The zero-order chi connectivity index (χ0) is 19.7. The molecule has 3 heterocycles. The fourth-order valence-corrected chi connectivity index (χ4v) is 3.53. The summed E-state index contributed by atoms with van der Waals surface area (Å²) in [6, 6.07) is 4.68. The van der Waals surface area contributed by atoms with Crippen LogP contribution in [-0.4, -0.2) is 32.9 Å². The quantitative estimate of drug-likeness (QED) is 0.460. The predicted molar refractivity (Wildman–Crippen MR) is 106 cm³/mol. The fourth-order valence-electron chi connectivity index (χ4n) is 3.53. The number of primary amides is 1. The molecule has 3 aromatic heterocycles. The summed E-state index contributed by atoms with van der Waals surface area (Å²) >= 11 is 0. The third-order valence-electron chi connectivity index (χ3n) is 5.05. The van der Waals surface area contributed by atoms with E-state index < -0.39 is 11.7 Å². The van der Waals surface area contributed by atoms with Gasteiger partial charge in [0.05, 0.1) is 17.4 Å². The van der Waals surface area contributed by atoms with Crippen molar-refractivity contribution in [1.29, 1.82) is 0 Å². The van der Waals surface area contributed by atoms with Crippen LogP contribution < -0.4 is 22.1 Å². The highest BCUT2D eigenvalue weighted by Crippen LogP contribution is 2.27. The summed E-state index contributed by atoms with van der Waals surface area (Å²) in [6.45, 7) is 0. The third-order valence-corrected chi connectivity index (χ3v) is 5.05. The minimum absolute atomic E-state index is 0.0369. The first-order valence-electron chi connectivity index (χ1n) is 9.24. The first-order chi connectivity index (χ1) is 13.5. The van der Waals surface area contributed by atoms with E-state index in [9.17, 15) is 9.18 Å². The standard InChI is InChI=1S/C19H22FN7O/c20-13-8-12(16(22)28)18(25-11-7-10-5-6-23-17(10)24-9-11)27-19(13)26-15-4-2-1-3-14(15)21/h5-9,14-15H,1-4,21H2,(H2,22,28)(H,23,24)(H2,25,26,27)/t14-,15?/m0/s1. The van der Waals surface area contributed by atoms with Crippen molar-refractivity contribution < 1.29 is 9.18 Å². The van der Waals surface area contributed by atoms with Gasteiger partial charge in [0.25, 0.3) is 5.91 Å². The van der Waals surface area contributed by atoms with Gasteiger partial charge in [-0.25, -0.2) is 14.4 Å². The number of nitrogens with zero attached hydrogens (tertiary/aromatic N) is 2. The number of pyridine rings is 2. The van der Waals surface area contributed by atoms with E-state index in [-0.39, 0.29) is 29.3 Å². The van der Waals surface area contributed by atoms with E-state index in [2.05, 4.69) is 25.6 Å². The van der Waals surface area contributed by atoms with Crippen LogP contribution in [0.1, 0.15) is 36.0 Å². The lowest BCUT2D eigenvalue weighted by atomic mass is 9.91. The normalized spacial score (nSPS) is 19.5. The van der Waals surface area contributed by atoms with Gasteiger partial charge in [-0.15, -0.1) is 0 Å². The fraction of sp³-hybridized carbons (Fsp3) is 0.316. The Kier molecular flexibility index (Phi) is 4.82. The second kappa shape index (κ2) is 7.43. The number of nitrogens with two attached hydrogens (primary N) is 2. The number of amides is 1. The lowest BCUT2D eigenvalue weighted by Gasteiger charge is -2.30. The van der Waals surface area contributed by atoms with Gasteiger partial charge in [0.1, 0.15) is 11.5 Å². The van der Waals surface area contributed by atoms with E-state index in [0.717, 1.165) is 42.8 Å². The number of halogens is 1. The smallest absolute Gasteiger partial charge is 0.252 e. The molecule has 0 radical (unpaired) electrons. The molecule has 0 bridgehead atoms. The van der Waals surface area contributed by atoms with Gasteiger partial charge in [-0.3, -0.25) is 4.79 Å². The molecule has 1 saturated carbocycles. The molecule has 28 heavy (non-hydrogen) atoms. The Balaban J connectivity index is 1.66. The van der Waals surface area contributed by atoms with Gasteiger partial charge in [-0.1, -0.05) is 12.8 Å². The number of rotatable bonds is 5. The summed E-state index contributed by atoms with van der Waals surface area (Å²) in [6.07, 6.45) is 7.20. The number of aromatic amines is 1. The van der Waals surface area contributed by atoms with E-state index >= 15 is 0 Å². The van der Waals surface area contributed by atoms with Crippen molar-refractivity contribution in [2.45, 2.75) is 37.8 Å². The van der Waals surface area contributed by atoms with Gasteiger partial charge >= 0.3 is 0 Å². The molecule has 1 fully saturated rings. The Bertz CT molecular complexity index is 1020. The van der Waals surface area contributed by atoms with E-state index in [0.29, 0.717) is 5.69 Å². The summed E-state index contributed by atoms with van der Waals surface area (Å²) in [7, 11) is 0. The number of carbonyl (C=O) groups excluding carboxylic acids is 1. The Labute approximate surface area is 160 Å². The Morgan fingerprint density at radius 1 is 1.25 bits per heavy atom. The molecule has 1 aliphatic carbocycles. The van der Waals surface area contributed by atoms with E-state index in [1.165, 1.54) is 0 Å². The Morgan fingerprint density at radius 2 is 2.07 bits per heavy atom. The van der Waals surface area contributed by atoms with Crippen molar-refractivity contribution in [2.24, 2.45) is 11.5 Å². The SMILES string of the molecule is NC(=O)c1cc(F)c(NC2CCCC[C@@H]2N)nc1Nc1cnc2[nH]ccc2c1. The molecule has 8 nitrogen and oxygen atoms in total. The number of aromatic nitrogens is 3. The number of nitrogens with one attached hydrogen (secondary N) is 3. The van der Waals surface area contributed by atoms with Crippen molar-refractivity contribution in [3.05, 3.63) is 42.0 Å². The molecule has 9 heteroatoms. The van der Waals surface area contributed by atoms with Crippen LogP contribution in [0.5, 0.6) is 0 Å². The minimum Gasteiger partial charge on any atom is -0.365 e. The summed E-state index contributed by atoms with van der Waals surface area (Å²) in [4.78, 5) is 23.4. The van der Waals surface area contributed by atoms with E-state index in [4.69, 9.17) is 11.5 Å². The van der Waals surface area contributed by atoms with Gasteiger partial charge in [0, 0.05) is 23.7 Å². The van der Waals surface area contributed by atoms with Crippen LogP contribution >= 0.6 is 0 Å². The zero-order valence-electron chi connectivity index (χ0n) is 15.2. The summed E-state index contributed by atoms with van der Waals surface area (Å²) in [5.74, 6) is -1.20. The monoisotopic (exact) mass is 383 g/mol. The molecule has 0 saturated heterocycles. The maximum Gasteiger partial charge on any atom is 0.252 e. The van der Waals surface area contributed by atoms with Crippen molar-refractivity contribution in [3.8, 4) is 0 Å². The molecule has 146 valence electrons. The molecule has 0 spiro atoms. The summed E-state index contributed by atoms with van der Waals surface area (Å²) in [5, 5.41) is 7.01. The lowest BCUT2D eigenvalue weighted by molar-refractivity contribution is 0.100. The van der Waals surface area contributed by atoms with Crippen molar-refractivity contribution >= 4 is 34.3 Å². The Hall–Kier alpha value is -3.20. The van der Waals surface area contributed by atoms with Crippen molar-refractivity contribution in [1.82, 2.24) is 15.0 Å². The van der Waals surface area contributed by atoms with E-state index in [1.54, 1.807) is 12.4 Å². The number of carbonyl (C=O) groups is 1. The number of hydrogen-bond donors (Lipinski definition) is 5. The Morgan fingerprint density at radius 3 is 2.86 bits per heavy atom. The van der Waals surface area contributed by atoms with E-state index in [1.807, 2.05) is 12.1 Å². The van der Waals surface area contributed by atoms with Crippen LogP contribution in [0.4, 0.5) is 21.7 Å². The van der Waals surface area contributed by atoms with Crippen LogP contribution in [0.2, 0.25) is 0 Å². The van der Waals surface area contributed by atoms with Gasteiger partial charge in [-0.2, -0.15) is 0 Å². The van der Waals surface area contributed by atoms with Crippen LogP contribution in [0.25, 0.3) is 11.0 Å². The number of hydrogen-bond acceptors (Lipinski definition) is 6. The average molecular weight is 383 g/mol. The number of H-pyrrole nitrogens is 1. The first kappa shape index (κ1) is 18.2. The maximum atomic E-state index is 14.6. The van der Waals surface area contributed by atoms with Gasteiger partial charge < -0.3 is 27.1 Å². The summed E-state index contributed by atoms with van der Waals surface area (Å²) in [5.41, 5.74) is 12.9. The molecule has 2 atom stereocenters. The number of fused-ring (bicyclic) bond motifs is 1. The number of anilines is 3. The van der Waals surface area contributed by atoms with Crippen LogP contribution in [0.3, 0.4) is 0 Å². The molecule has 1 aliphatic rings. The highest BCUT2D eigenvalue weighted by atomic mass is 19.1. The molecular formula is C19H22FN7O. The van der Waals surface area contributed by atoms with Crippen LogP contribution in [0.15, 0.2) is 30.6 Å². The van der Waals surface area contributed by atoms with Crippen molar-refractivity contribution in [3.63, 3.8) is 0 Å². The molecule has 0 aromatic carbocycles. The second-order valence-electron chi connectivity index (χ2n) is 7.04. The molecule has 3 aromatic rings. The van der Waals surface area contributed by atoms with Crippen molar-refractivity contribution in [2.75, 3.05) is 10.6 Å². The lowest BCUT2D eigenvalue weighted by Crippen LogP contribution is -2.43. The molecule has 4 rings (SSSR count). The summed E-state index contributed by atoms with van der Waals surface area (Å²) < 4.78 is 14.6. The van der Waals surface area contributed by atoms with Gasteiger partial charge in [0.2, 0.25) is 0 Å². The predicted octanol–water partition coefficient (Wildman–Crippen LogP) is 2.62. The minimum atomic E-state index is -0.773. The third kappa shape index (κ3) is 3.61. The zero-order valence-corrected chi connectivity index (χ0v) is 15.2. The molecule has 1 amide bonds.